The lowest BCUT2D eigenvalue weighted by Crippen LogP contribution is -2.34. The summed E-state index contributed by atoms with van der Waals surface area (Å²) >= 11 is 0. The molecule has 0 aliphatic heterocycles. The monoisotopic (exact) mass is 407 g/mol. The SMILES string of the molecule is COc1cc(/C=N\NC(=O)[C@@H](C)Nc2ccc3ccccc3c2)cc(OC)c1OC. The molecule has 2 N–H and O–H groups in total. The fraction of sp³-hybridized carbons (Fsp3) is 0.217. The summed E-state index contributed by atoms with van der Waals surface area (Å²) in [7, 11) is 4.62. The standard InChI is InChI=1S/C23H25N3O4/c1-15(25-19-10-9-17-7-5-6-8-18(17)13-19)23(27)26-24-14-16-11-20(28-2)22(30-4)21(12-16)29-3/h5-15,25H,1-4H3,(H,26,27)/b24-14-/t15-/m1/s1. The first-order chi connectivity index (χ1) is 14.5. The zero-order chi connectivity index (χ0) is 21.5. The second-order valence-electron chi connectivity index (χ2n) is 6.62. The zero-order valence-electron chi connectivity index (χ0n) is 17.4. The molecule has 0 aliphatic carbocycles. The molecule has 3 aromatic rings. The number of carbonyl (C=O) groups excluding carboxylic acids is 1. The lowest BCUT2D eigenvalue weighted by Gasteiger charge is -2.14. The maximum absolute atomic E-state index is 12.4. The Morgan fingerprint density at radius 1 is 0.933 bits per heavy atom. The summed E-state index contributed by atoms with van der Waals surface area (Å²) in [6.07, 6.45) is 1.52. The minimum Gasteiger partial charge on any atom is -0.493 e. The van der Waals surface area contributed by atoms with Crippen LogP contribution in [-0.2, 0) is 4.79 Å². The van der Waals surface area contributed by atoms with Gasteiger partial charge in [0.15, 0.2) is 11.5 Å². The van der Waals surface area contributed by atoms with Crippen LogP contribution in [0.5, 0.6) is 17.2 Å². The number of carbonyl (C=O) groups is 1. The number of nitrogens with one attached hydrogen (secondary N) is 2. The number of benzene rings is 3. The fourth-order valence-electron chi connectivity index (χ4n) is 3.04. The first-order valence-electron chi connectivity index (χ1n) is 9.44. The van der Waals surface area contributed by atoms with Gasteiger partial charge < -0.3 is 19.5 Å². The molecule has 0 spiro atoms. The van der Waals surface area contributed by atoms with Crippen LogP contribution in [0.25, 0.3) is 10.8 Å². The van der Waals surface area contributed by atoms with Gasteiger partial charge in [-0.25, -0.2) is 5.43 Å². The maximum atomic E-state index is 12.4. The smallest absolute Gasteiger partial charge is 0.262 e. The Balaban J connectivity index is 1.64. The van der Waals surface area contributed by atoms with Gasteiger partial charge in [-0.05, 0) is 42.0 Å². The van der Waals surface area contributed by atoms with Gasteiger partial charge in [-0.15, -0.1) is 0 Å². The van der Waals surface area contributed by atoms with Crippen LogP contribution in [0.1, 0.15) is 12.5 Å². The lowest BCUT2D eigenvalue weighted by molar-refractivity contribution is -0.121. The molecule has 0 aliphatic rings. The molecule has 0 unspecified atom stereocenters. The molecule has 30 heavy (non-hydrogen) atoms. The third-order valence-corrected chi connectivity index (χ3v) is 4.60. The van der Waals surface area contributed by atoms with Crippen molar-refractivity contribution in [3.63, 3.8) is 0 Å². The van der Waals surface area contributed by atoms with E-state index in [4.69, 9.17) is 14.2 Å². The Morgan fingerprint density at radius 3 is 2.23 bits per heavy atom. The van der Waals surface area contributed by atoms with Crippen LogP contribution >= 0.6 is 0 Å². The molecular weight excluding hydrogens is 382 g/mol. The van der Waals surface area contributed by atoms with Crippen LogP contribution in [0.3, 0.4) is 0 Å². The zero-order valence-corrected chi connectivity index (χ0v) is 17.4. The van der Waals surface area contributed by atoms with E-state index < -0.39 is 6.04 Å². The minimum absolute atomic E-state index is 0.258. The largest absolute Gasteiger partial charge is 0.493 e. The van der Waals surface area contributed by atoms with Gasteiger partial charge in [-0.3, -0.25) is 4.79 Å². The highest BCUT2D eigenvalue weighted by Gasteiger charge is 2.14. The number of hydrogen-bond acceptors (Lipinski definition) is 6. The molecule has 7 nitrogen and oxygen atoms in total. The molecule has 0 saturated carbocycles. The number of methoxy groups -OCH3 is 3. The van der Waals surface area contributed by atoms with Crippen molar-refractivity contribution in [3.8, 4) is 17.2 Å². The number of hydrazone groups is 1. The van der Waals surface area contributed by atoms with Crippen molar-refractivity contribution < 1.29 is 19.0 Å². The minimum atomic E-state index is -0.469. The number of rotatable bonds is 8. The number of anilines is 1. The first-order valence-corrected chi connectivity index (χ1v) is 9.44. The predicted molar refractivity (Wildman–Crippen MR) is 119 cm³/mol. The Bertz CT molecular complexity index is 1040. The molecule has 0 fully saturated rings. The summed E-state index contributed by atoms with van der Waals surface area (Å²) in [6, 6.07) is 17.1. The van der Waals surface area contributed by atoms with E-state index in [1.165, 1.54) is 13.3 Å². The molecule has 0 aromatic heterocycles. The molecule has 0 heterocycles. The van der Waals surface area contributed by atoms with Gasteiger partial charge in [-0.2, -0.15) is 5.10 Å². The quantitative estimate of drug-likeness (QED) is 0.438. The number of nitrogens with zero attached hydrogens (tertiary/aromatic N) is 1. The van der Waals surface area contributed by atoms with Gasteiger partial charge in [0, 0.05) is 11.3 Å². The molecule has 1 amide bonds. The number of hydrogen-bond donors (Lipinski definition) is 2. The van der Waals surface area contributed by atoms with E-state index in [2.05, 4.69) is 15.8 Å². The van der Waals surface area contributed by atoms with Crippen LogP contribution < -0.4 is 25.0 Å². The summed E-state index contributed by atoms with van der Waals surface area (Å²) < 4.78 is 15.9. The van der Waals surface area contributed by atoms with E-state index in [0.29, 0.717) is 22.8 Å². The third-order valence-electron chi connectivity index (χ3n) is 4.60. The van der Waals surface area contributed by atoms with Gasteiger partial charge in [0.05, 0.1) is 27.5 Å². The normalized spacial score (nSPS) is 11.9. The van der Waals surface area contributed by atoms with Crippen molar-refractivity contribution in [1.82, 2.24) is 5.43 Å². The van der Waals surface area contributed by atoms with Crippen molar-refractivity contribution in [2.24, 2.45) is 5.10 Å². The van der Waals surface area contributed by atoms with E-state index in [1.807, 2.05) is 42.5 Å². The van der Waals surface area contributed by atoms with E-state index in [0.717, 1.165) is 16.5 Å². The Kier molecular flexibility index (Phi) is 6.75. The Morgan fingerprint density at radius 2 is 1.60 bits per heavy atom. The van der Waals surface area contributed by atoms with Crippen molar-refractivity contribution in [2.45, 2.75) is 13.0 Å². The van der Waals surface area contributed by atoms with Crippen molar-refractivity contribution >= 4 is 28.6 Å². The molecule has 0 radical (unpaired) electrons. The van der Waals surface area contributed by atoms with E-state index >= 15 is 0 Å². The van der Waals surface area contributed by atoms with Crippen LogP contribution in [0.2, 0.25) is 0 Å². The average Bonchev–Trinajstić information content (AvgIpc) is 2.78. The second-order valence-corrected chi connectivity index (χ2v) is 6.62. The molecule has 156 valence electrons. The van der Waals surface area contributed by atoms with Gasteiger partial charge in [0.1, 0.15) is 6.04 Å². The summed E-state index contributed by atoms with van der Waals surface area (Å²) in [5, 5.41) is 9.49. The van der Waals surface area contributed by atoms with Gasteiger partial charge in [0.2, 0.25) is 5.75 Å². The summed E-state index contributed by atoms with van der Waals surface area (Å²) in [4.78, 5) is 12.4. The Labute approximate surface area is 175 Å². The molecule has 7 heteroatoms. The third kappa shape index (κ3) is 4.81. The lowest BCUT2D eigenvalue weighted by atomic mass is 10.1. The summed E-state index contributed by atoms with van der Waals surface area (Å²) in [5.74, 6) is 1.26. The predicted octanol–water partition coefficient (Wildman–Crippen LogP) is 3.82. The highest BCUT2D eigenvalue weighted by Crippen LogP contribution is 2.37. The second kappa shape index (κ2) is 9.65. The summed E-state index contributed by atoms with van der Waals surface area (Å²) in [5.41, 5.74) is 4.11. The fourth-order valence-corrected chi connectivity index (χ4v) is 3.04. The van der Waals surface area contributed by atoms with E-state index in [9.17, 15) is 4.79 Å². The van der Waals surface area contributed by atoms with Crippen LogP contribution in [-0.4, -0.2) is 39.5 Å². The molecule has 3 rings (SSSR count). The summed E-state index contributed by atoms with van der Waals surface area (Å²) in [6.45, 7) is 1.78. The number of fused-ring (bicyclic) bond motifs is 1. The topological polar surface area (TPSA) is 81.2 Å². The molecule has 0 saturated heterocycles. The van der Waals surface area contributed by atoms with E-state index in [-0.39, 0.29) is 5.91 Å². The number of amides is 1. The van der Waals surface area contributed by atoms with E-state index in [1.54, 1.807) is 33.3 Å². The van der Waals surface area contributed by atoms with Crippen LogP contribution in [0.15, 0.2) is 59.7 Å². The van der Waals surface area contributed by atoms with Gasteiger partial charge in [-0.1, -0.05) is 30.3 Å². The van der Waals surface area contributed by atoms with Crippen LogP contribution in [0, 0.1) is 0 Å². The average molecular weight is 407 g/mol. The van der Waals surface area contributed by atoms with Crippen molar-refractivity contribution in [2.75, 3.05) is 26.6 Å². The van der Waals surface area contributed by atoms with Crippen molar-refractivity contribution in [3.05, 3.63) is 60.2 Å². The van der Waals surface area contributed by atoms with Gasteiger partial charge in [0.25, 0.3) is 5.91 Å². The van der Waals surface area contributed by atoms with Gasteiger partial charge >= 0.3 is 0 Å². The van der Waals surface area contributed by atoms with Crippen molar-refractivity contribution in [1.29, 1.82) is 0 Å². The number of ether oxygens (including phenoxy) is 3. The van der Waals surface area contributed by atoms with Crippen LogP contribution in [0.4, 0.5) is 5.69 Å². The Hall–Kier alpha value is -3.74. The molecule has 3 aromatic carbocycles. The highest BCUT2D eigenvalue weighted by molar-refractivity contribution is 5.89. The highest BCUT2D eigenvalue weighted by atomic mass is 16.5. The molecule has 0 bridgehead atoms. The molecule has 1 atom stereocenters. The first kappa shape index (κ1) is 21.0. The molecular formula is C23H25N3O4. The maximum Gasteiger partial charge on any atom is 0.262 e.